The number of hydrogen-bond donors (Lipinski definition) is 3. The minimum Gasteiger partial charge on any atom is -0.368 e. The number of fused-ring (bicyclic) bond motifs is 1. The summed E-state index contributed by atoms with van der Waals surface area (Å²) in [6, 6.07) is 7.26. The first-order valence-electron chi connectivity index (χ1n) is 4.78. The normalized spacial score (nSPS) is 12.1. The Morgan fingerprint density at radius 1 is 1.38 bits per heavy atom. The molecule has 1 aromatic carbocycles. The lowest BCUT2D eigenvalue weighted by Gasteiger charge is -2.05. The largest absolute Gasteiger partial charge is 0.368 e. The second-order valence-corrected chi connectivity index (χ2v) is 3.57. The summed E-state index contributed by atoms with van der Waals surface area (Å²) in [6.45, 7) is 0. The second kappa shape index (κ2) is 5.01. The van der Waals surface area contributed by atoms with Crippen LogP contribution in [0.3, 0.4) is 0 Å². The maximum Gasteiger partial charge on any atom is 0.234 e. The summed E-state index contributed by atoms with van der Waals surface area (Å²) in [5.74, 6) is -0.472. The Kier molecular flexibility index (Phi) is 3.93. The van der Waals surface area contributed by atoms with Gasteiger partial charge in [0.05, 0.1) is 6.04 Å². The van der Waals surface area contributed by atoms with Gasteiger partial charge in [-0.25, -0.2) is 0 Å². The number of aromatic nitrogens is 1. The highest BCUT2D eigenvalue weighted by atomic mass is 35.5. The number of hydrogen-bond acceptors (Lipinski definition) is 2. The molecule has 5 heteroatoms. The number of carbonyl (C=O) groups is 1. The van der Waals surface area contributed by atoms with Gasteiger partial charge in [-0.2, -0.15) is 0 Å². The van der Waals surface area contributed by atoms with Gasteiger partial charge in [0.2, 0.25) is 5.91 Å². The van der Waals surface area contributed by atoms with Crippen LogP contribution in [0.15, 0.2) is 30.5 Å². The average molecular weight is 240 g/mol. The van der Waals surface area contributed by atoms with Crippen molar-refractivity contribution in [3.05, 3.63) is 36.0 Å². The zero-order valence-electron chi connectivity index (χ0n) is 8.64. The van der Waals surface area contributed by atoms with Gasteiger partial charge in [0.1, 0.15) is 0 Å². The third-order valence-corrected chi connectivity index (χ3v) is 2.48. The first kappa shape index (κ1) is 12.5. The number of halogens is 1. The van der Waals surface area contributed by atoms with Crippen LogP contribution < -0.4 is 11.5 Å². The Morgan fingerprint density at radius 3 is 2.75 bits per heavy atom. The zero-order valence-corrected chi connectivity index (χ0v) is 9.46. The van der Waals surface area contributed by atoms with Crippen LogP contribution in [0.25, 0.3) is 10.9 Å². The van der Waals surface area contributed by atoms with E-state index in [9.17, 15) is 4.79 Å². The number of H-pyrrole nitrogens is 1. The number of aromatic amines is 1. The van der Waals surface area contributed by atoms with Crippen molar-refractivity contribution in [2.45, 2.75) is 12.5 Å². The number of carbonyl (C=O) groups excluding carboxylic acids is 1. The molecule has 0 aliphatic rings. The molecule has 1 atom stereocenters. The molecule has 1 amide bonds. The average Bonchev–Trinajstić information content (AvgIpc) is 2.62. The predicted octanol–water partition coefficient (Wildman–Crippen LogP) is 0.945. The molecular formula is C11H14ClN3O. The maximum absolute atomic E-state index is 10.8. The number of amides is 1. The van der Waals surface area contributed by atoms with Gasteiger partial charge in [0.15, 0.2) is 0 Å². The van der Waals surface area contributed by atoms with Crippen molar-refractivity contribution in [1.82, 2.24) is 4.98 Å². The van der Waals surface area contributed by atoms with E-state index in [4.69, 9.17) is 11.5 Å². The lowest BCUT2D eigenvalue weighted by molar-refractivity contribution is -0.119. The standard InChI is InChI=1S/C11H13N3O.ClH/c12-9(11(13)15)5-7-6-14-10-4-2-1-3-8(7)10;/h1-4,6,9,14H,5,12H2,(H2,13,15);1H. The van der Waals surface area contributed by atoms with Crippen LogP contribution in [0.4, 0.5) is 0 Å². The van der Waals surface area contributed by atoms with E-state index >= 15 is 0 Å². The quantitative estimate of drug-likeness (QED) is 0.745. The molecule has 5 N–H and O–H groups in total. The van der Waals surface area contributed by atoms with Crippen molar-refractivity contribution in [3.8, 4) is 0 Å². The van der Waals surface area contributed by atoms with E-state index < -0.39 is 11.9 Å². The smallest absolute Gasteiger partial charge is 0.234 e. The molecule has 0 spiro atoms. The molecule has 1 aromatic heterocycles. The number of nitrogens with one attached hydrogen (secondary N) is 1. The molecule has 0 fully saturated rings. The minimum atomic E-state index is -0.621. The SMILES string of the molecule is Cl.NC(=O)C(N)Cc1c[nH]c2ccccc12. The maximum atomic E-state index is 10.8. The highest BCUT2D eigenvalue weighted by Gasteiger charge is 2.12. The van der Waals surface area contributed by atoms with Crippen LogP contribution in [0.5, 0.6) is 0 Å². The van der Waals surface area contributed by atoms with Gasteiger partial charge in [-0.05, 0) is 18.1 Å². The molecule has 0 aliphatic heterocycles. The van der Waals surface area contributed by atoms with E-state index in [-0.39, 0.29) is 12.4 Å². The third kappa shape index (κ3) is 2.35. The number of nitrogens with two attached hydrogens (primary N) is 2. The lowest BCUT2D eigenvalue weighted by atomic mass is 10.1. The Hall–Kier alpha value is -1.52. The first-order chi connectivity index (χ1) is 7.18. The Bertz CT molecular complexity index is 495. The van der Waals surface area contributed by atoms with E-state index in [2.05, 4.69) is 4.98 Å². The van der Waals surface area contributed by atoms with Crippen molar-refractivity contribution < 1.29 is 4.79 Å². The summed E-state index contributed by atoms with van der Waals surface area (Å²) in [4.78, 5) is 14.0. The molecule has 86 valence electrons. The molecule has 0 bridgehead atoms. The highest BCUT2D eigenvalue weighted by molar-refractivity contribution is 5.85. The lowest BCUT2D eigenvalue weighted by Crippen LogP contribution is -2.38. The Balaban J connectivity index is 0.00000128. The molecule has 16 heavy (non-hydrogen) atoms. The fourth-order valence-corrected chi connectivity index (χ4v) is 1.64. The van der Waals surface area contributed by atoms with E-state index in [0.717, 1.165) is 16.5 Å². The molecular weight excluding hydrogens is 226 g/mol. The van der Waals surface area contributed by atoms with Gasteiger partial charge < -0.3 is 16.5 Å². The fraction of sp³-hybridized carbons (Fsp3) is 0.182. The fourth-order valence-electron chi connectivity index (χ4n) is 1.64. The van der Waals surface area contributed by atoms with E-state index in [1.807, 2.05) is 30.5 Å². The Labute approximate surface area is 99.4 Å². The van der Waals surface area contributed by atoms with Crippen LogP contribution in [-0.2, 0) is 11.2 Å². The van der Waals surface area contributed by atoms with E-state index in [1.165, 1.54) is 0 Å². The molecule has 1 heterocycles. The van der Waals surface area contributed by atoms with Crippen molar-refractivity contribution in [2.24, 2.45) is 11.5 Å². The van der Waals surface area contributed by atoms with Crippen LogP contribution in [0.2, 0.25) is 0 Å². The zero-order chi connectivity index (χ0) is 10.8. The number of para-hydroxylation sites is 1. The van der Waals surface area contributed by atoms with Crippen molar-refractivity contribution in [3.63, 3.8) is 0 Å². The monoisotopic (exact) mass is 239 g/mol. The number of primary amides is 1. The van der Waals surface area contributed by atoms with Gasteiger partial charge in [-0.3, -0.25) is 4.79 Å². The van der Waals surface area contributed by atoms with Crippen LogP contribution >= 0.6 is 12.4 Å². The number of rotatable bonds is 3. The summed E-state index contributed by atoms with van der Waals surface area (Å²) >= 11 is 0. The minimum absolute atomic E-state index is 0. The van der Waals surface area contributed by atoms with Crippen molar-refractivity contribution in [1.29, 1.82) is 0 Å². The molecule has 1 unspecified atom stereocenters. The summed E-state index contributed by atoms with van der Waals surface area (Å²) in [5.41, 5.74) is 12.8. The Morgan fingerprint density at radius 2 is 2.06 bits per heavy atom. The van der Waals surface area contributed by atoms with Crippen LogP contribution in [0, 0.1) is 0 Å². The molecule has 4 nitrogen and oxygen atoms in total. The summed E-state index contributed by atoms with van der Waals surface area (Å²) in [6.07, 6.45) is 2.34. The molecule has 0 saturated heterocycles. The predicted molar refractivity (Wildman–Crippen MR) is 66.4 cm³/mol. The summed E-state index contributed by atoms with van der Waals surface area (Å²) in [7, 11) is 0. The molecule has 0 saturated carbocycles. The second-order valence-electron chi connectivity index (χ2n) is 3.57. The van der Waals surface area contributed by atoms with Crippen molar-refractivity contribution >= 4 is 29.2 Å². The molecule has 0 radical (unpaired) electrons. The third-order valence-electron chi connectivity index (χ3n) is 2.48. The molecule has 2 aromatic rings. The van der Waals surface area contributed by atoms with Gasteiger partial charge in [0.25, 0.3) is 0 Å². The van der Waals surface area contributed by atoms with Crippen molar-refractivity contribution in [2.75, 3.05) is 0 Å². The molecule has 2 rings (SSSR count). The summed E-state index contributed by atoms with van der Waals surface area (Å²) in [5, 5.41) is 1.09. The highest BCUT2D eigenvalue weighted by Crippen LogP contribution is 2.18. The van der Waals surface area contributed by atoms with Crippen LogP contribution in [0.1, 0.15) is 5.56 Å². The van der Waals surface area contributed by atoms with E-state index in [0.29, 0.717) is 6.42 Å². The first-order valence-corrected chi connectivity index (χ1v) is 4.78. The molecule has 0 aliphatic carbocycles. The topological polar surface area (TPSA) is 84.9 Å². The van der Waals surface area contributed by atoms with Gasteiger partial charge in [0, 0.05) is 17.1 Å². The van der Waals surface area contributed by atoms with Gasteiger partial charge in [-0.1, -0.05) is 18.2 Å². The number of benzene rings is 1. The summed E-state index contributed by atoms with van der Waals surface area (Å²) < 4.78 is 0. The van der Waals surface area contributed by atoms with E-state index in [1.54, 1.807) is 0 Å². The van der Waals surface area contributed by atoms with Gasteiger partial charge in [-0.15, -0.1) is 12.4 Å². The van der Waals surface area contributed by atoms with Gasteiger partial charge >= 0.3 is 0 Å². The van der Waals surface area contributed by atoms with Crippen LogP contribution in [-0.4, -0.2) is 16.9 Å².